The van der Waals surface area contributed by atoms with Gasteiger partial charge in [-0.1, -0.05) is 6.07 Å². The Labute approximate surface area is 120 Å². The number of hydrogen-bond acceptors (Lipinski definition) is 2. The van der Waals surface area contributed by atoms with E-state index in [4.69, 9.17) is 16.6 Å². The molecule has 2 unspecified atom stereocenters. The van der Waals surface area contributed by atoms with Gasteiger partial charge in [-0.05, 0) is 52.6 Å². The number of rotatable bonds is 4. The van der Waals surface area contributed by atoms with Gasteiger partial charge in [0, 0.05) is 12.6 Å². The Balaban J connectivity index is 2.58. The first-order valence-corrected chi connectivity index (χ1v) is 7.11. The van der Waals surface area contributed by atoms with Crippen molar-refractivity contribution in [2.75, 3.05) is 20.6 Å². The van der Waals surface area contributed by atoms with Gasteiger partial charge in [-0.25, -0.2) is 4.98 Å². The molecule has 0 aliphatic carbocycles. The van der Waals surface area contributed by atoms with Crippen LogP contribution in [0, 0.1) is 6.92 Å². The molecule has 1 aromatic carbocycles. The molecule has 0 aliphatic heterocycles. The van der Waals surface area contributed by atoms with E-state index < -0.39 is 0 Å². The maximum Gasteiger partial charge on any atom is 0.128 e. The number of aromatic nitrogens is 2. The Morgan fingerprint density at radius 1 is 1.32 bits per heavy atom. The van der Waals surface area contributed by atoms with Crippen LogP contribution in [0.5, 0.6) is 0 Å². The topological polar surface area (TPSA) is 21.1 Å². The van der Waals surface area contributed by atoms with Crippen LogP contribution < -0.4 is 0 Å². The molecule has 104 valence electrons. The van der Waals surface area contributed by atoms with Crippen molar-refractivity contribution in [3.05, 3.63) is 29.6 Å². The summed E-state index contributed by atoms with van der Waals surface area (Å²) in [5, 5.41) is -0.0858. The number of likely N-dealkylation sites (N-methyl/N-ethyl adjacent to an activating group) is 1. The summed E-state index contributed by atoms with van der Waals surface area (Å²) in [4.78, 5) is 6.90. The molecule has 2 aromatic rings. The van der Waals surface area contributed by atoms with E-state index >= 15 is 0 Å². The van der Waals surface area contributed by atoms with Crippen molar-refractivity contribution in [2.24, 2.45) is 0 Å². The molecule has 0 amide bonds. The summed E-state index contributed by atoms with van der Waals surface area (Å²) in [6.07, 6.45) is 0. The standard InChI is InChI=1S/C15H22ClN3/c1-10-6-7-14-13(8-10)17-15(12(3)16)19(14)11(2)9-18(4)5/h6-8,11-12H,9H2,1-5H3. The van der Waals surface area contributed by atoms with E-state index in [-0.39, 0.29) is 5.38 Å². The Morgan fingerprint density at radius 3 is 2.58 bits per heavy atom. The second-order valence-corrected chi connectivity index (χ2v) is 6.21. The summed E-state index contributed by atoms with van der Waals surface area (Å²) in [7, 11) is 4.17. The molecule has 1 aromatic heterocycles. The molecule has 0 spiro atoms. The number of benzene rings is 1. The van der Waals surface area contributed by atoms with Crippen LogP contribution in [-0.2, 0) is 0 Å². The van der Waals surface area contributed by atoms with E-state index in [9.17, 15) is 0 Å². The second kappa shape index (κ2) is 5.51. The highest BCUT2D eigenvalue weighted by Gasteiger charge is 2.19. The third-order valence-corrected chi connectivity index (χ3v) is 3.49. The van der Waals surface area contributed by atoms with E-state index in [0.29, 0.717) is 6.04 Å². The number of imidazole rings is 1. The molecule has 0 fully saturated rings. The largest absolute Gasteiger partial charge is 0.323 e. The predicted molar refractivity (Wildman–Crippen MR) is 82.0 cm³/mol. The summed E-state index contributed by atoms with van der Waals surface area (Å²) in [5.74, 6) is 0.955. The zero-order valence-electron chi connectivity index (χ0n) is 12.3. The van der Waals surface area contributed by atoms with Crippen LogP contribution in [0.15, 0.2) is 18.2 Å². The van der Waals surface area contributed by atoms with Gasteiger partial charge < -0.3 is 9.47 Å². The minimum absolute atomic E-state index is 0.0858. The molecule has 0 saturated carbocycles. The minimum Gasteiger partial charge on any atom is -0.323 e. The molecule has 4 heteroatoms. The quantitative estimate of drug-likeness (QED) is 0.795. The second-order valence-electron chi connectivity index (χ2n) is 5.56. The molecule has 0 saturated heterocycles. The molecule has 2 rings (SSSR count). The Bertz CT molecular complexity index is 572. The molecule has 19 heavy (non-hydrogen) atoms. The van der Waals surface area contributed by atoms with Crippen LogP contribution in [0.25, 0.3) is 11.0 Å². The van der Waals surface area contributed by atoms with Crippen LogP contribution in [0.3, 0.4) is 0 Å². The lowest BCUT2D eigenvalue weighted by atomic mass is 10.2. The number of hydrogen-bond donors (Lipinski definition) is 0. The molecule has 0 bridgehead atoms. The molecule has 2 atom stereocenters. The first-order valence-electron chi connectivity index (χ1n) is 6.67. The average molecular weight is 280 g/mol. The van der Waals surface area contributed by atoms with Gasteiger partial charge in [-0.3, -0.25) is 0 Å². The molecule has 0 aliphatic rings. The van der Waals surface area contributed by atoms with Crippen molar-refractivity contribution in [2.45, 2.75) is 32.2 Å². The fraction of sp³-hybridized carbons (Fsp3) is 0.533. The lowest BCUT2D eigenvalue weighted by Gasteiger charge is -2.22. The van der Waals surface area contributed by atoms with Crippen molar-refractivity contribution in [1.82, 2.24) is 14.5 Å². The SMILES string of the molecule is Cc1ccc2c(c1)nc(C(C)Cl)n2C(C)CN(C)C. The van der Waals surface area contributed by atoms with Crippen LogP contribution in [0.2, 0.25) is 0 Å². The van der Waals surface area contributed by atoms with E-state index in [1.807, 2.05) is 6.92 Å². The van der Waals surface area contributed by atoms with Gasteiger partial charge in [0.15, 0.2) is 0 Å². The van der Waals surface area contributed by atoms with Crippen LogP contribution in [0.4, 0.5) is 0 Å². The van der Waals surface area contributed by atoms with Crippen molar-refractivity contribution < 1.29 is 0 Å². The highest BCUT2D eigenvalue weighted by atomic mass is 35.5. The number of halogens is 1. The summed E-state index contributed by atoms with van der Waals surface area (Å²) in [6, 6.07) is 6.74. The Morgan fingerprint density at radius 2 is 2.00 bits per heavy atom. The summed E-state index contributed by atoms with van der Waals surface area (Å²) in [5.41, 5.74) is 3.43. The zero-order chi connectivity index (χ0) is 14.2. The third-order valence-electron chi connectivity index (χ3n) is 3.30. The maximum absolute atomic E-state index is 6.30. The highest BCUT2D eigenvalue weighted by molar-refractivity contribution is 6.20. The molecular weight excluding hydrogens is 258 g/mol. The fourth-order valence-electron chi connectivity index (χ4n) is 2.58. The fourth-order valence-corrected chi connectivity index (χ4v) is 2.74. The molecule has 0 N–H and O–H groups in total. The number of fused-ring (bicyclic) bond motifs is 1. The molecular formula is C15H22ClN3. The zero-order valence-corrected chi connectivity index (χ0v) is 13.1. The van der Waals surface area contributed by atoms with Gasteiger partial charge in [0.1, 0.15) is 5.82 Å². The summed E-state index contributed by atoms with van der Waals surface area (Å²) >= 11 is 6.30. The van der Waals surface area contributed by atoms with Crippen molar-refractivity contribution in [3.8, 4) is 0 Å². The first kappa shape index (κ1) is 14.4. The van der Waals surface area contributed by atoms with E-state index in [2.05, 4.69) is 55.6 Å². The minimum atomic E-state index is -0.0858. The normalized spacial score (nSPS) is 15.1. The molecule has 3 nitrogen and oxygen atoms in total. The highest BCUT2D eigenvalue weighted by Crippen LogP contribution is 2.28. The van der Waals surface area contributed by atoms with Crippen LogP contribution in [0.1, 0.15) is 36.7 Å². The Hall–Kier alpha value is -1.06. The van der Waals surface area contributed by atoms with E-state index in [0.717, 1.165) is 17.9 Å². The van der Waals surface area contributed by atoms with Crippen molar-refractivity contribution in [1.29, 1.82) is 0 Å². The van der Waals surface area contributed by atoms with Gasteiger partial charge in [-0.2, -0.15) is 0 Å². The first-order chi connectivity index (χ1) is 8.90. The monoisotopic (exact) mass is 279 g/mol. The summed E-state index contributed by atoms with van der Waals surface area (Å²) in [6.45, 7) is 7.25. The van der Waals surface area contributed by atoms with Crippen molar-refractivity contribution >= 4 is 22.6 Å². The lowest BCUT2D eigenvalue weighted by Crippen LogP contribution is -2.23. The smallest absolute Gasteiger partial charge is 0.128 e. The van der Waals surface area contributed by atoms with E-state index in [1.165, 1.54) is 11.1 Å². The Kier molecular flexibility index (Phi) is 4.16. The summed E-state index contributed by atoms with van der Waals surface area (Å²) < 4.78 is 2.27. The number of aryl methyl sites for hydroxylation is 1. The lowest BCUT2D eigenvalue weighted by molar-refractivity contribution is 0.336. The van der Waals surface area contributed by atoms with Gasteiger partial charge in [0.2, 0.25) is 0 Å². The molecule has 1 heterocycles. The van der Waals surface area contributed by atoms with E-state index in [1.54, 1.807) is 0 Å². The van der Waals surface area contributed by atoms with Crippen LogP contribution >= 0.6 is 11.6 Å². The predicted octanol–water partition coefficient (Wildman–Crippen LogP) is 3.77. The maximum atomic E-state index is 6.30. The van der Waals surface area contributed by atoms with Gasteiger partial charge in [0.05, 0.1) is 16.4 Å². The average Bonchev–Trinajstić information content (AvgIpc) is 2.66. The number of nitrogens with zero attached hydrogens (tertiary/aromatic N) is 3. The molecule has 0 radical (unpaired) electrons. The third kappa shape index (κ3) is 2.93. The van der Waals surface area contributed by atoms with Crippen molar-refractivity contribution in [3.63, 3.8) is 0 Å². The van der Waals surface area contributed by atoms with Gasteiger partial charge >= 0.3 is 0 Å². The van der Waals surface area contributed by atoms with Gasteiger partial charge in [-0.15, -0.1) is 11.6 Å². The van der Waals surface area contributed by atoms with Crippen LogP contribution in [-0.4, -0.2) is 35.1 Å². The number of alkyl halides is 1. The van der Waals surface area contributed by atoms with Gasteiger partial charge in [0.25, 0.3) is 0 Å².